The van der Waals surface area contributed by atoms with E-state index >= 15 is 0 Å². The third-order valence-electron chi connectivity index (χ3n) is 2.52. The summed E-state index contributed by atoms with van der Waals surface area (Å²) in [7, 11) is 1.48. The molecule has 8 heteroatoms. The molecule has 21 heavy (non-hydrogen) atoms. The summed E-state index contributed by atoms with van der Waals surface area (Å²) in [5, 5.41) is 2.90. The van der Waals surface area contributed by atoms with Crippen LogP contribution in [0.5, 0.6) is 5.75 Å². The molecule has 0 aliphatic heterocycles. The van der Waals surface area contributed by atoms with Crippen LogP contribution in [0.25, 0.3) is 0 Å². The van der Waals surface area contributed by atoms with Crippen LogP contribution in [0.4, 0.5) is 14.5 Å². The molecule has 0 saturated heterocycles. The molecule has 1 N–H and O–H groups in total. The number of thiazole rings is 1. The molecular formula is C13H13ClF2N2O2S. The fourth-order valence-corrected chi connectivity index (χ4v) is 2.50. The second-order valence-electron chi connectivity index (χ2n) is 4.04. The lowest BCUT2D eigenvalue weighted by atomic mass is 10.2. The first-order valence-electron chi connectivity index (χ1n) is 6.05. The Hall–Kier alpha value is -1.44. The number of rotatable bonds is 7. The quantitative estimate of drug-likeness (QED) is 0.784. The highest BCUT2D eigenvalue weighted by atomic mass is 35.5. The first-order valence-corrected chi connectivity index (χ1v) is 7.24. The van der Waals surface area contributed by atoms with Gasteiger partial charge in [0.05, 0.1) is 13.2 Å². The summed E-state index contributed by atoms with van der Waals surface area (Å²) in [4.78, 5) is 4.75. The number of nitrogens with zero attached hydrogens (tertiary/aromatic N) is 1. The van der Waals surface area contributed by atoms with Crippen LogP contribution < -0.4 is 10.1 Å². The minimum absolute atomic E-state index is 0.0798. The fraction of sp³-hybridized carbons (Fsp3) is 0.308. The Morgan fingerprint density at radius 1 is 1.29 bits per heavy atom. The van der Waals surface area contributed by atoms with Crippen molar-refractivity contribution in [3.8, 4) is 5.75 Å². The molecule has 0 aliphatic carbocycles. The number of hydrogen-bond acceptors (Lipinski definition) is 5. The summed E-state index contributed by atoms with van der Waals surface area (Å²) in [6.07, 6.45) is 1.61. The lowest BCUT2D eigenvalue weighted by molar-refractivity contribution is 0.141. The Labute approximate surface area is 129 Å². The van der Waals surface area contributed by atoms with E-state index in [2.05, 4.69) is 10.3 Å². The van der Waals surface area contributed by atoms with Gasteiger partial charge in [-0.15, -0.1) is 11.3 Å². The van der Waals surface area contributed by atoms with Crippen molar-refractivity contribution in [2.24, 2.45) is 0 Å². The van der Waals surface area contributed by atoms with Gasteiger partial charge in [0.1, 0.15) is 6.61 Å². The minimum Gasteiger partial charge on any atom is -0.485 e. The van der Waals surface area contributed by atoms with E-state index in [1.165, 1.54) is 30.6 Å². The van der Waals surface area contributed by atoms with Crippen molar-refractivity contribution in [1.29, 1.82) is 0 Å². The Bertz CT molecular complexity index is 587. The van der Waals surface area contributed by atoms with Gasteiger partial charge >= 0.3 is 0 Å². The van der Waals surface area contributed by atoms with E-state index in [4.69, 9.17) is 21.1 Å². The fourth-order valence-electron chi connectivity index (χ4n) is 1.58. The Morgan fingerprint density at radius 3 is 2.57 bits per heavy atom. The molecular weight excluding hydrogens is 322 g/mol. The second kappa shape index (κ2) is 7.53. The van der Waals surface area contributed by atoms with Crippen LogP contribution in [-0.4, -0.2) is 25.3 Å². The summed E-state index contributed by atoms with van der Waals surface area (Å²) < 4.78 is 37.8. The molecule has 0 spiro atoms. The maximum atomic E-state index is 13.8. The maximum Gasteiger partial charge on any atom is 0.190 e. The number of methoxy groups -OCH3 is 1. The van der Waals surface area contributed by atoms with Crippen LogP contribution in [-0.2, 0) is 11.3 Å². The molecule has 1 heterocycles. The van der Waals surface area contributed by atoms with Gasteiger partial charge in [0.15, 0.2) is 21.9 Å². The van der Waals surface area contributed by atoms with E-state index in [9.17, 15) is 8.78 Å². The summed E-state index contributed by atoms with van der Waals surface area (Å²) in [6.45, 7) is 0.717. The SMILES string of the molecule is COCCOc1c(F)cc(NCc2cnc(Cl)s2)cc1F. The molecule has 0 bridgehead atoms. The lowest BCUT2D eigenvalue weighted by Gasteiger charge is -2.10. The summed E-state index contributed by atoms with van der Waals surface area (Å²) in [5.41, 5.74) is 0.314. The molecule has 0 amide bonds. The van der Waals surface area contributed by atoms with Crippen LogP contribution in [0.15, 0.2) is 18.3 Å². The van der Waals surface area contributed by atoms with E-state index < -0.39 is 17.4 Å². The van der Waals surface area contributed by atoms with Crippen molar-refractivity contribution < 1.29 is 18.3 Å². The predicted molar refractivity (Wildman–Crippen MR) is 78.2 cm³/mol. The van der Waals surface area contributed by atoms with Crippen molar-refractivity contribution in [2.45, 2.75) is 6.54 Å². The first kappa shape index (κ1) is 15.9. The molecule has 0 atom stereocenters. The van der Waals surface area contributed by atoms with Crippen molar-refractivity contribution in [3.63, 3.8) is 0 Å². The average Bonchev–Trinajstić information content (AvgIpc) is 2.85. The predicted octanol–water partition coefficient (Wildman–Crippen LogP) is 3.71. The van der Waals surface area contributed by atoms with E-state index in [-0.39, 0.29) is 13.2 Å². The van der Waals surface area contributed by atoms with Crippen LogP contribution in [0.1, 0.15) is 4.88 Å². The molecule has 0 aliphatic rings. The van der Waals surface area contributed by atoms with Gasteiger partial charge in [0.25, 0.3) is 0 Å². The Kier molecular flexibility index (Phi) is 5.72. The summed E-state index contributed by atoms with van der Waals surface area (Å²) in [6, 6.07) is 2.35. The van der Waals surface area contributed by atoms with Gasteiger partial charge < -0.3 is 14.8 Å². The van der Waals surface area contributed by atoms with E-state index in [0.717, 1.165) is 4.88 Å². The topological polar surface area (TPSA) is 43.4 Å². The number of anilines is 1. The largest absolute Gasteiger partial charge is 0.485 e. The molecule has 0 unspecified atom stereocenters. The highest BCUT2D eigenvalue weighted by molar-refractivity contribution is 7.15. The number of benzene rings is 1. The normalized spacial score (nSPS) is 10.7. The third kappa shape index (κ3) is 4.52. The van der Waals surface area contributed by atoms with Gasteiger partial charge in [-0.2, -0.15) is 0 Å². The molecule has 2 aromatic rings. The van der Waals surface area contributed by atoms with Gasteiger partial charge in [0, 0.05) is 36.0 Å². The second-order valence-corrected chi connectivity index (χ2v) is 5.74. The molecule has 4 nitrogen and oxygen atoms in total. The molecule has 0 saturated carbocycles. The van der Waals surface area contributed by atoms with E-state index in [1.54, 1.807) is 6.20 Å². The van der Waals surface area contributed by atoms with Crippen molar-refractivity contribution in [3.05, 3.63) is 39.3 Å². The number of halogens is 3. The van der Waals surface area contributed by atoms with E-state index in [1.807, 2.05) is 0 Å². The highest BCUT2D eigenvalue weighted by Gasteiger charge is 2.13. The van der Waals surface area contributed by atoms with Gasteiger partial charge in [-0.05, 0) is 0 Å². The number of aromatic nitrogens is 1. The number of hydrogen-bond donors (Lipinski definition) is 1. The smallest absolute Gasteiger partial charge is 0.190 e. The summed E-state index contributed by atoms with van der Waals surface area (Å²) in [5.74, 6) is -1.94. The van der Waals surface area contributed by atoms with Gasteiger partial charge in [-0.1, -0.05) is 11.6 Å². The Balaban J connectivity index is 2.01. The van der Waals surface area contributed by atoms with Crippen molar-refractivity contribution in [1.82, 2.24) is 4.98 Å². The van der Waals surface area contributed by atoms with Crippen LogP contribution in [0, 0.1) is 11.6 Å². The monoisotopic (exact) mass is 334 g/mol. The molecule has 2 rings (SSSR count). The number of nitrogens with one attached hydrogen (secondary N) is 1. The standard InChI is InChI=1S/C13H13ClF2N2O2S/c1-19-2-3-20-12-10(15)4-8(5-11(12)16)17-6-9-7-18-13(14)21-9/h4-5,7,17H,2-3,6H2,1H3. The third-order valence-corrected chi connectivity index (χ3v) is 3.64. The van der Waals surface area contributed by atoms with Crippen LogP contribution >= 0.6 is 22.9 Å². The van der Waals surface area contributed by atoms with Crippen molar-refractivity contribution >= 4 is 28.6 Å². The van der Waals surface area contributed by atoms with Gasteiger partial charge in [0.2, 0.25) is 0 Å². The molecule has 114 valence electrons. The maximum absolute atomic E-state index is 13.8. The average molecular weight is 335 g/mol. The molecule has 0 radical (unpaired) electrons. The van der Waals surface area contributed by atoms with Crippen molar-refractivity contribution in [2.75, 3.05) is 25.6 Å². The first-order chi connectivity index (χ1) is 10.1. The zero-order chi connectivity index (χ0) is 15.2. The van der Waals surface area contributed by atoms with Gasteiger partial charge in [-0.3, -0.25) is 0 Å². The van der Waals surface area contributed by atoms with Gasteiger partial charge in [-0.25, -0.2) is 13.8 Å². The highest BCUT2D eigenvalue weighted by Crippen LogP contribution is 2.26. The molecule has 0 fully saturated rings. The van der Waals surface area contributed by atoms with Crippen LogP contribution in [0.3, 0.4) is 0 Å². The Morgan fingerprint density at radius 2 is 2.00 bits per heavy atom. The van der Waals surface area contributed by atoms with Crippen LogP contribution in [0.2, 0.25) is 4.47 Å². The minimum atomic E-state index is -0.768. The molecule has 1 aromatic heterocycles. The number of ether oxygens (including phenoxy) is 2. The van der Waals surface area contributed by atoms with E-state index in [0.29, 0.717) is 16.7 Å². The lowest BCUT2D eigenvalue weighted by Crippen LogP contribution is -2.07. The zero-order valence-electron chi connectivity index (χ0n) is 11.2. The zero-order valence-corrected chi connectivity index (χ0v) is 12.7. The summed E-state index contributed by atoms with van der Waals surface area (Å²) >= 11 is 7.00. The molecule has 1 aromatic carbocycles.